The smallest absolute Gasteiger partial charge is 0.478 e. The van der Waals surface area contributed by atoms with Gasteiger partial charge in [-0.3, -0.25) is 0 Å². The number of carboxylic acids is 1. The molecule has 0 atom stereocenters. The highest BCUT2D eigenvalue weighted by molar-refractivity contribution is 7.92. The van der Waals surface area contributed by atoms with Gasteiger partial charge >= 0.3 is 11.5 Å². The van der Waals surface area contributed by atoms with Gasteiger partial charge in [0.05, 0.1) is 10.5 Å². The van der Waals surface area contributed by atoms with Crippen molar-refractivity contribution in [3.8, 4) is 11.1 Å². The Hall–Kier alpha value is -2.35. The molecule has 0 aliphatic rings. The predicted molar refractivity (Wildman–Crippen MR) is 72.1 cm³/mol. The van der Waals surface area contributed by atoms with Crippen LogP contribution in [0.4, 0.5) is 13.2 Å². The molecule has 22 heavy (non-hydrogen) atoms. The molecule has 116 valence electrons. The van der Waals surface area contributed by atoms with Crippen molar-refractivity contribution in [3.05, 3.63) is 54.1 Å². The van der Waals surface area contributed by atoms with Gasteiger partial charge in [0.2, 0.25) is 0 Å². The lowest BCUT2D eigenvalue weighted by molar-refractivity contribution is -0.0436. The average molecular weight is 330 g/mol. The lowest BCUT2D eigenvalue weighted by Gasteiger charge is -2.12. The summed E-state index contributed by atoms with van der Waals surface area (Å²) in [6, 6.07) is 11.0. The first-order valence-corrected chi connectivity index (χ1v) is 7.37. The molecule has 2 aromatic carbocycles. The van der Waals surface area contributed by atoms with Gasteiger partial charge in [-0.2, -0.15) is 13.2 Å². The number of rotatable bonds is 3. The van der Waals surface area contributed by atoms with E-state index in [0.717, 1.165) is 12.1 Å². The topological polar surface area (TPSA) is 71.4 Å². The molecule has 4 nitrogen and oxygen atoms in total. The van der Waals surface area contributed by atoms with Gasteiger partial charge in [0.25, 0.3) is 9.84 Å². The summed E-state index contributed by atoms with van der Waals surface area (Å²) in [6.07, 6.45) is 0. The van der Waals surface area contributed by atoms with Crippen molar-refractivity contribution in [3.63, 3.8) is 0 Å². The fourth-order valence-corrected chi connectivity index (χ4v) is 2.80. The summed E-state index contributed by atoms with van der Waals surface area (Å²) in [6.45, 7) is 0. The molecule has 0 aromatic heterocycles. The molecule has 0 bridgehead atoms. The lowest BCUT2D eigenvalue weighted by atomic mass is 10.0. The molecule has 0 saturated carbocycles. The summed E-state index contributed by atoms with van der Waals surface area (Å²) in [5, 5.41) is 9.03. The third-order valence-electron chi connectivity index (χ3n) is 2.91. The van der Waals surface area contributed by atoms with Gasteiger partial charge in [-0.15, -0.1) is 0 Å². The fourth-order valence-electron chi connectivity index (χ4n) is 1.87. The Bertz CT molecular complexity index is 812. The Balaban J connectivity index is 2.67. The minimum atomic E-state index is -5.73. The van der Waals surface area contributed by atoms with E-state index in [4.69, 9.17) is 5.11 Å². The summed E-state index contributed by atoms with van der Waals surface area (Å²) in [4.78, 5) is 9.88. The van der Waals surface area contributed by atoms with E-state index in [1.54, 1.807) is 30.3 Å². The summed E-state index contributed by atoms with van der Waals surface area (Å²) < 4.78 is 60.7. The van der Waals surface area contributed by atoms with Crippen LogP contribution in [0.25, 0.3) is 11.1 Å². The Kier molecular flexibility index (Phi) is 3.97. The predicted octanol–water partition coefficient (Wildman–Crippen LogP) is 3.35. The van der Waals surface area contributed by atoms with Crippen molar-refractivity contribution in [1.82, 2.24) is 0 Å². The molecule has 0 fully saturated rings. The second kappa shape index (κ2) is 5.45. The van der Waals surface area contributed by atoms with E-state index in [0.29, 0.717) is 17.2 Å². The highest BCUT2D eigenvalue weighted by atomic mass is 32.2. The molecule has 0 spiro atoms. The van der Waals surface area contributed by atoms with Crippen LogP contribution in [0.15, 0.2) is 53.4 Å². The SMILES string of the molecule is O=C(O)c1cc(-c2ccccc2)ccc1S(=O)(=O)C(F)(F)F. The Labute approximate surface area is 123 Å². The first-order chi connectivity index (χ1) is 10.1. The van der Waals surface area contributed by atoms with Gasteiger partial charge in [-0.25, -0.2) is 13.2 Å². The molecule has 0 heterocycles. The van der Waals surface area contributed by atoms with E-state index in [9.17, 15) is 26.4 Å². The van der Waals surface area contributed by atoms with Crippen LogP contribution in [0.2, 0.25) is 0 Å². The summed E-state index contributed by atoms with van der Waals surface area (Å²) in [5.41, 5.74) is -5.62. The number of halogens is 3. The Morgan fingerprint density at radius 3 is 2.05 bits per heavy atom. The zero-order valence-corrected chi connectivity index (χ0v) is 11.6. The Morgan fingerprint density at radius 1 is 0.955 bits per heavy atom. The third-order valence-corrected chi connectivity index (χ3v) is 4.46. The van der Waals surface area contributed by atoms with Gasteiger partial charge in [0.1, 0.15) is 0 Å². The molecular formula is C14H9F3O4S. The number of carbonyl (C=O) groups is 1. The van der Waals surface area contributed by atoms with Crippen molar-refractivity contribution in [2.75, 3.05) is 0 Å². The van der Waals surface area contributed by atoms with Crippen molar-refractivity contribution >= 4 is 15.8 Å². The van der Waals surface area contributed by atoms with Crippen LogP contribution in [0.5, 0.6) is 0 Å². The molecule has 2 rings (SSSR count). The minimum absolute atomic E-state index is 0.305. The quantitative estimate of drug-likeness (QED) is 0.937. The number of hydrogen-bond acceptors (Lipinski definition) is 3. The molecule has 0 radical (unpaired) electrons. The first kappa shape index (κ1) is 16.0. The van der Waals surface area contributed by atoms with Gasteiger partial charge in [0.15, 0.2) is 0 Å². The maximum absolute atomic E-state index is 12.6. The molecule has 2 aromatic rings. The van der Waals surface area contributed by atoms with Crippen LogP contribution in [-0.2, 0) is 9.84 Å². The maximum atomic E-state index is 12.6. The third kappa shape index (κ3) is 2.82. The second-order valence-corrected chi connectivity index (χ2v) is 6.24. The number of carboxylic acid groups (broad SMARTS) is 1. The average Bonchev–Trinajstić information content (AvgIpc) is 2.46. The van der Waals surface area contributed by atoms with E-state index in [1.165, 1.54) is 0 Å². The van der Waals surface area contributed by atoms with Crippen molar-refractivity contribution in [2.45, 2.75) is 10.4 Å². The second-order valence-electron chi connectivity index (χ2n) is 4.33. The zero-order valence-electron chi connectivity index (χ0n) is 10.8. The molecule has 8 heteroatoms. The number of alkyl halides is 3. The highest BCUT2D eigenvalue weighted by Gasteiger charge is 2.48. The van der Waals surface area contributed by atoms with Crippen molar-refractivity contribution < 1.29 is 31.5 Å². The van der Waals surface area contributed by atoms with Crippen LogP contribution in [0.3, 0.4) is 0 Å². The summed E-state index contributed by atoms with van der Waals surface area (Å²) >= 11 is 0. The number of sulfone groups is 1. The molecule has 0 unspecified atom stereocenters. The minimum Gasteiger partial charge on any atom is -0.478 e. The van der Waals surface area contributed by atoms with Crippen LogP contribution in [-0.4, -0.2) is 25.0 Å². The normalized spacial score (nSPS) is 12.1. The van der Waals surface area contributed by atoms with Crippen LogP contribution in [0, 0.1) is 0 Å². The van der Waals surface area contributed by atoms with Crippen LogP contribution < -0.4 is 0 Å². The molecular weight excluding hydrogens is 321 g/mol. The number of benzene rings is 2. The monoisotopic (exact) mass is 330 g/mol. The van der Waals surface area contributed by atoms with E-state index in [1.807, 2.05) is 0 Å². The largest absolute Gasteiger partial charge is 0.501 e. The van der Waals surface area contributed by atoms with Gasteiger partial charge in [-0.1, -0.05) is 36.4 Å². The van der Waals surface area contributed by atoms with Crippen LogP contribution in [0.1, 0.15) is 10.4 Å². The van der Waals surface area contributed by atoms with E-state index in [2.05, 4.69) is 0 Å². The molecule has 0 saturated heterocycles. The number of hydrogen-bond donors (Lipinski definition) is 1. The number of aromatic carboxylic acids is 1. The summed E-state index contributed by atoms with van der Waals surface area (Å²) in [7, 11) is -5.73. The molecule has 0 aliphatic heterocycles. The van der Waals surface area contributed by atoms with Crippen molar-refractivity contribution in [1.29, 1.82) is 0 Å². The molecule has 1 N–H and O–H groups in total. The van der Waals surface area contributed by atoms with E-state index >= 15 is 0 Å². The van der Waals surface area contributed by atoms with E-state index < -0.39 is 31.8 Å². The fraction of sp³-hybridized carbons (Fsp3) is 0.0714. The van der Waals surface area contributed by atoms with Crippen molar-refractivity contribution in [2.24, 2.45) is 0 Å². The van der Waals surface area contributed by atoms with Gasteiger partial charge in [0, 0.05) is 0 Å². The molecule has 0 aliphatic carbocycles. The lowest BCUT2D eigenvalue weighted by Crippen LogP contribution is -2.25. The van der Waals surface area contributed by atoms with Gasteiger partial charge < -0.3 is 5.11 Å². The summed E-state index contributed by atoms with van der Waals surface area (Å²) in [5.74, 6) is -1.75. The molecule has 0 amide bonds. The first-order valence-electron chi connectivity index (χ1n) is 5.88. The maximum Gasteiger partial charge on any atom is 0.501 e. The van der Waals surface area contributed by atoms with Gasteiger partial charge in [-0.05, 0) is 23.3 Å². The standard InChI is InChI=1S/C14H9F3O4S/c15-14(16,17)22(20,21)12-7-6-10(8-11(12)13(18)19)9-4-2-1-3-5-9/h1-8H,(H,18,19). The van der Waals surface area contributed by atoms with E-state index in [-0.39, 0.29) is 0 Å². The van der Waals surface area contributed by atoms with Crippen LogP contribution >= 0.6 is 0 Å². The zero-order chi connectivity index (χ0) is 16.5. The highest BCUT2D eigenvalue weighted by Crippen LogP contribution is 2.34. The Morgan fingerprint density at radius 2 is 1.55 bits per heavy atom.